The molecule has 2 aromatic rings. The van der Waals surface area contributed by atoms with Gasteiger partial charge in [0.15, 0.2) is 5.69 Å². The lowest BCUT2D eigenvalue weighted by Crippen LogP contribution is -2.10. The summed E-state index contributed by atoms with van der Waals surface area (Å²) >= 11 is 0. The highest BCUT2D eigenvalue weighted by molar-refractivity contribution is 5.85. The second kappa shape index (κ2) is 6.04. The van der Waals surface area contributed by atoms with E-state index in [0.29, 0.717) is 5.69 Å². The fraction of sp³-hybridized carbons (Fsp3) is 0.273. The number of nitrogens with zero attached hydrogens (tertiary/aromatic N) is 4. The van der Waals surface area contributed by atoms with Gasteiger partial charge in [0.1, 0.15) is 6.54 Å². The zero-order valence-corrected chi connectivity index (χ0v) is 10.2. The number of halogens is 2. The van der Waals surface area contributed by atoms with Crippen LogP contribution in [0.15, 0.2) is 24.5 Å². The molecule has 2 rings (SSSR count). The molecule has 0 saturated carbocycles. The number of nitrogens with one attached hydrogen (secondary N) is 1. The molecule has 0 amide bonds. The molecular formula is C11H11F2N5O2. The fourth-order valence-corrected chi connectivity index (χ4v) is 1.47. The largest absolute Gasteiger partial charge is 0.477 e. The van der Waals surface area contributed by atoms with Crippen molar-refractivity contribution < 1.29 is 18.7 Å². The lowest BCUT2D eigenvalue weighted by molar-refractivity contribution is 0.0690. The second-order valence-electron chi connectivity index (χ2n) is 3.84. The number of carboxylic acids is 1. The molecule has 2 aromatic heterocycles. The molecule has 0 spiro atoms. The number of rotatable bonds is 6. The Balaban J connectivity index is 1.96. The van der Waals surface area contributed by atoms with Crippen LogP contribution in [0.5, 0.6) is 0 Å². The van der Waals surface area contributed by atoms with Crippen molar-refractivity contribution in [3.63, 3.8) is 0 Å². The van der Waals surface area contributed by atoms with Crippen molar-refractivity contribution in [3.05, 3.63) is 35.9 Å². The number of hydrogen-bond acceptors (Lipinski definition) is 5. The molecule has 0 aromatic carbocycles. The molecule has 0 atom stereocenters. The van der Waals surface area contributed by atoms with Crippen molar-refractivity contribution in [3.8, 4) is 0 Å². The Hall–Kier alpha value is -2.58. The first-order valence-electron chi connectivity index (χ1n) is 5.65. The summed E-state index contributed by atoms with van der Waals surface area (Å²) in [5.41, 5.74) is 0.390. The van der Waals surface area contributed by atoms with Crippen molar-refractivity contribution in [1.29, 1.82) is 0 Å². The highest BCUT2D eigenvalue weighted by Gasteiger charge is 2.08. The monoisotopic (exact) mass is 283 g/mol. The van der Waals surface area contributed by atoms with Crippen LogP contribution in [-0.2, 0) is 13.1 Å². The smallest absolute Gasteiger partial charge is 0.354 e. The summed E-state index contributed by atoms with van der Waals surface area (Å²) in [5.74, 6) is -1.02. The third-order valence-corrected chi connectivity index (χ3v) is 2.32. The van der Waals surface area contributed by atoms with Crippen LogP contribution in [0.1, 0.15) is 16.2 Å². The minimum atomic E-state index is -2.47. The Labute approximate surface area is 112 Å². The summed E-state index contributed by atoms with van der Waals surface area (Å²) < 4.78 is 25.4. The summed E-state index contributed by atoms with van der Waals surface area (Å²) in [7, 11) is 0. The maximum atomic E-state index is 12.1. The van der Waals surface area contributed by atoms with E-state index in [1.807, 2.05) is 0 Å². The lowest BCUT2D eigenvalue weighted by Gasteiger charge is -2.03. The average Bonchev–Trinajstić information content (AvgIpc) is 2.83. The summed E-state index contributed by atoms with van der Waals surface area (Å²) in [5, 5.41) is 15.5. The van der Waals surface area contributed by atoms with Crippen molar-refractivity contribution >= 4 is 11.9 Å². The van der Waals surface area contributed by atoms with Gasteiger partial charge in [-0.25, -0.2) is 23.5 Å². The van der Waals surface area contributed by atoms with Crippen LogP contribution in [0.3, 0.4) is 0 Å². The summed E-state index contributed by atoms with van der Waals surface area (Å²) in [6.07, 6.45) is 0.289. The molecule has 0 aliphatic rings. The number of hydrogen-bond donors (Lipinski definition) is 2. The Bertz CT molecular complexity index is 602. The van der Waals surface area contributed by atoms with Crippen molar-refractivity contribution in [1.82, 2.24) is 19.7 Å². The molecule has 0 unspecified atom stereocenters. The van der Waals surface area contributed by atoms with Gasteiger partial charge in [0.25, 0.3) is 6.43 Å². The number of anilines is 1. The Morgan fingerprint density at radius 1 is 1.45 bits per heavy atom. The molecule has 0 radical (unpaired) electrons. The molecule has 9 heteroatoms. The van der Waals surface area contributed by atoms with Gasteiger partial charge in [-0.05, 0) is 12.1 Å². The molecular weight excluding hydrogens is 272 g/mol. The SMILES string of the molecule is O=C(O)c1ccnc(NCc2ccn(CC(F)F)n2)n1. The van der Waals surface area contributed by atoms with E-state index in [0.717, 1.165) is 4.68 Å². The van der Waals surface area contributed by atoms with E-state index in [9.17, 15) is 13.6 Å². The summed E-state index contributed by atoms with van der Waals surface area (Å²) in [6.45, 7) is -0.260. The number of carboxylic acid groups (broad SMARTS) is 1. The van der Waals surface area contributed by atoms with E-state index in [1.165, 1.54) is 18.5 Å². The van der Waals surface area contributed by atoms with Crippen LogP contribution >= 0.6 is 0 Å². The van der Waals surface area contributed by atoms with Crippen LogP contribution in [0.25, 0.3) is 0 Å². The number of carbonyl (C=O) groups is 1. The van der Waals surface area contributed by atoms with E-state index in [2.05, 4.69) is 20.4 Å². The van der Waals surface area contributed by atoms with Gasteiger partial charge in [0.2, 0.25) is 5.95 Å². The molecule has 20 heavy (non-hydrogen) atoms. The first kappa shape index (κ1) is 13.8. The molecule has 0 aliphatic heterocycles. The van der Waals surface area contributed by atoms with Crippen LogP contribution in [0, 0.1) is 0 Å². The number of aromatic nitrogens is 4. The fourth-order valence-electron chi connectivity index (χ4n) is 1.47. The highest BCUT2D eigenvalue weighted by Crippen LogP contribution is 2.05. The molecule has 0 fully saturated rings. The third kappa shape index (κ3) is 3.70. The second-order valence-corrected chi connectivity index (χ2v) is 3.84. The zero-order chi connectivity index (χ0) is 14.5. The minimum absolute atomic E-state index is 0.133. The standard InChI is InChI=1S/C11H11F2N5O2/c12-9(13)6-18-4-2-7(17-18)5-15-11-14-3-1-8(16-11)10(19)20/h1-4,9H,5-6H2,(H,19,20)(H,14,15,16). The highest BCUT2D eigenvalue weighted by atomic mass is 19.3. The molecule has 2 heterocycles. The molecule has 2 N–H and O–H groups in total. The predicted octanol–water partition coefficient (Wildman–Crippen LogP) is 1.25. The number of aromatic carboxylic acids is 1. The topological polar surface area (TPSA) is 92.9 Å². The Kier molecular flexibility index (Phi) is 4.18. The van der Waals surface area contributed by atoms with Crippen LogP contribution < -0.4 is 5.32 Å². The Morgan fingerprint density at radius 2 is 2.25 bits per heavy atom. The van der Waals surface area contributed by atoms with E-state index in [1.54, 1.807) is 6.07 Å². The molecule has 106 valence electrons. The first-order valence-corrected chi connectivity index (χ1v) is 5.65. The van der Waals surface area contributed by atoms with Crippen molar-refractivity contribution in [2.24, 2.45) is 0 Å². The molecule has 7 nitrogen and oxygen atoms in total. The van der Waals surface area contributed by atoms with Gasteiger partial charge in [-0.3, -0.25) is 4.68 Å². The lowest BCUT2D eigenvalue weighted by atomic mass is 10.4. The van der Waals surface area contributed by atoms with Crippen LogP contribution in [-0.4, -0.2) is 37.2 Å². The van der Waals surface area contributed by atoms with Gasteiger partial charge in [0, 0.05) is 12.4 Å². The first-order chi connectivity index (χ1) is 9.54. The van der Waals surface area contributed by atoms with Gasteiger partial charge in [0.05, 0.1) is 12.2 Å². The zero-order valence-electron chi connectivity index (χ0n) is 10.2. The minimum Gasteiger partial charge on any atom is -0.477 e. The maximum Gasteiger partial charge on any atom is 0.354 e. The van der Waals surface area contributed by atoms with Gasteiger partial charge >= 0.3 is 5.97 Å². The summed E-state index contributed by atoms with van der Waals surface area (Å²) in [4.78, 5) is 18.3. The van der Waals surface area contributed by atoms with E-state index >= 15 is 0 Å². The third-order valence-electron chi connectivity index (χ3n) is 2.32. The normalized spacial score (nSPS) is 10.8. The molecule has 0 saturated heterocycles. The van der Waals surface area contributed by atoms with Gasteiger partial charge in [-0.1, -0.05) is 0 Å². The van der Waals surface area contributed by atoms with Crippen molar-refractivity contribution in [2.45, 2.75) is 19.5 Å². The van der Waals surface area contributed by atoms with Gasteiger partial charge in [-0.2, -0.15) is 5.10 Å². The quantitative estimate of drug-likeness (QED) is 0.828. The molecule has 0 aliphatic carbocycles. The van der Waals surface area contributed by atoms with E-state index < -0.39 is 18.9 Å². The van der Waals surface area contributed by atoms with Crippen molar-refractivity contribution in [2.75, 3.05) is 5.32 Å². The maximum absolute atomic E-state index is 12.1. The number of alkyl halides is 2. The summed E-state index contributed by atoms with van der Waals surface area (Å²) in [6, 6.07) is 2.85. The predicted molar refractivity (Wildman–Crippen MR) is 64.5 cm³/mol. The average molecular weight is 283 g/mol. The van der Waals surface area contributed by atoms with Crippen LogP contribution in [0.4, 0.5) is 14.7 Å². The molecule has 0 bridgehead atoms. The van der Waals surface area contributed by atoms with E-state index in [-0.39, 0.29) is 18.2 Å². The van der Waals surface area contributed by atoms with Gasteiger partial charge in [-0.15, -0.1) is 0 Å². The van der Waals surface area contributed by atoms with E-state index in [4.69, 9.17) is 5.11 Å². The van der Waals surface area contributed by atoms with Crippen LogP contribution in [0.2, 0.25) is 0 Å². The van der Waals surface area contributed by atoms with Gasteiger partial charge < -0.3 is 10.4 Å². The Morgan fingerprint density at radius 3 is 2.95 bits per heavy atom.